The van der Waals surface area contributed by atoms with Crippen LogP contribution in [0.15, 0.2) is 24.3 Å². The van der Waals surface area contributed by atoms with Crippen molar-refractivity contribution in [3.05, 3.63) is 39.3 Å². The smallest absolute Gasteiger partial charge is 0.413 e. The number of nitrogens with zero attached hydrogens (tertiary/aromatic N) is 3. The molecule has 0 bridgehead atoms. The molecule has 1 aliphatic carbocycles. The van der Waals surface area contributed by atoms with E-state index in [9.17, 15) is 4.79 Å². The standard InChI is InChI=1S/C18H24N4O2S2/c1-3-13-5-7-14(8-6-13)11-21(15-9-10-15)12-22-18(25)26-16(20-22)19-17(23)24-4-2/h5-8,15H,3-4,9-12H2,1-2H3,(H,19,20,23). The Labute approximate surface area is 162 Å². The molecule has 1 N–H and O–H groups in total. The van der Waals surface area contributed by atoms with E-state index in [0.717, 1.165) is 13.0 Å². The van der Waals surface area contributed by atoms with Gasteiger partial charge < -0.3 is 4.74 Å². The molecule has 0 radical (unpaired) electrons. The lowest BCUT2D eigenvalue weighted by Gasteiger charge is -2.22. The molecule has 26 heavy (non-hydrogen) atoms. The summed E-state index contributed by atoms with van der Waals surface area (Å²) in [6.45, 7) is 5.75. The first-order valence-corrected chi connectivity index (χ1v) is 10.1. The van der Waals surface area contributed by atoms with Crippen molar-refractivity contribution in [2.75, 3.05) is 11.9 Å². The first kappa shape index (κ1) is 19.0. The second kappa shape index (κ2) is 8.75. The van der Waals surface area contributed by atoms with Crippen molar-refractivity contribution >= 4 is 34.8 Å². The number of amides is 1. The van der Waals surface area contributed by atoms with Gasteiger partial charge in [-0.3, -0.25) is 10.2 Å². The van der Waals surface area contributed by atoms with Crippen molar-refractivity contribution in [2.45, 2.75) is 52.4 Å². The lowest BCUT2D eigenvalue weighted by molar-refractivity contribution is 0.167. The molecule has 1 aromatic heterocycles. The van der Waals surface area contributed by atoms with Crippen LogP contribution in [0, 0.1) is 3.95 Å². The minimum Gasteiger partial charge on any atom is -0.450 e. The van der Waals surface area contributed by atoms with Crippen LogP contribution in [-0.4, -0.2) is 33.4 Å². The van der Waals surface area contributed by atoms with E-state index in [-0.39, 0.29) is 0 Å². The third kappa shape index (κ3) is 5.12. The molecule has 3 rings (SSSR count). The highest BCUT2D eigenvalue weighted by molar-refractivity contribution is 7.73. The molecule has 0 unspecified atom stereocenters. The quantitative estimate of drug-likeness (QED) is 0.674. The fourth-order valence-corrected chi connectivity index (χ4v) is 3.70. The third-order valence-corrected chi connectivity index (χ3v) is 5.51. The molecule has 140 valence electrons. The lowest BCUT2D eigenvalue weighted by Crippen LogP contribution is -2.29. The van der Waals surface area contributed by atoms with Crippen LogP contribution >= 0.6 is 23.6 Å². The van der Waals surface area contributed by atoms with Crippen molar-refractivity contribution in [3.63, 3.8) is 0 Å². The van der Waals surface area contributed by atoms with Gasteiger partial charge >= 0.3 is 6.09 Å². The molecule has 1 fully saturated rings. The normalized spacial score (nSPS) is 13.8. The Bertz CT molecular complexity index is 796. The highest BCUT2D eigenvalue weighted by Crippen LogP contribution is 2.29. The number of anilines is 1. The summed E-state index contributed by atoms with van der Waals surface area (Å²) in [6, 6.07) is 9.35. The molecule has 0 spiro atoms. The lowest BCUT2D eigenvalue weighted by atomic mass is 10.1. The van der Waals surface area contributed by atoms with Crippen molar-refractivity contribution in [2.24, 2.45) is 0 Å². The summed E-state index contributed by atoms with van der Waals surface area (Å²) in [5.41, 5.74) is 2.64. The van der Waals surface area contributed by atoms with E-state index in [1.807, 2.05) is 0 Å². The van der Waals surface area contributed by atoms with Crippen LogP contribution in [-0.2, 0) is 24.4 Å². The van der Waals surface area contributed by atoms with Gasteiger partial charge in [-0.1, -0.05) is 42.5 Å². The highest BCUT2D eigenvalue weighted by Gasteiger charge is 2.29. The zero-order valence-electron chi connectivity index (χ0n) is 15.1. The summed E-state index contributed by atoms with van der Waals surface area (Å²) in [5.74, 6) is 0. The number of rotatable bonds is 8. The maximum Gasteiger partial charge on any atom is 0.413 e. The molecule has 8 heteroatoms. The van der Waals surface area contributed by atoms with E-state index in [0.29, 0.717) is 28.4 Å². The molecular formula is C18H24N4O2S2. The van der Waals surface area contributed by atoms with Gasteiger partial charge in [0.15, 0.2) is 3.95 Å². The number of carbonyl (C=O) groups excluding carboxylic acids is 1. The van der Waals surface area contributed by atoms with Gasteiger partial charge in [-0.15, -0.1) is 5.10 Å². The summed E-state index contributed by atoms with van der Waals surface area (Å²) < 4.78 is 7.31. The molecule has 6 nitrogen and oxygen atoms in total. The van der Waals surface area contributed by atoms with E-state index < -0.39 is 6.09 Å². The first-order chi connectivity index (χ1) is 12.6. The van der Waals surface area contributed by atoms with E-state index in [1.165, 1.54) is 35.3 Å². The topological polar surface area (TPSA) is 59.4 Å². The van der Waals surface area contributed by atoms with E-state index >= 15 is 0 Å². The van der Waals surface area contributed by atoms with Crippen LogP contribution in [0.25, 0.3) is 0 Å². The SMILES string of the molecule is CCOC(=O)Nc1nn(CN(Cc2ccc(CC)cc2)C2CC2)c(=S)s1. The van der Waals surface area contributed by atoms with Gasteiger partial charge in [0.1, 0.15) is 0 Å². The van der Waals surface area contributed by atoms with Crippen LogP contribution < -0.4 is 5.32 Å². The average molecular weight is 393 g/mol. The Balaban J connectivity index is 1.67. The van der Waals surface area contributed by atoms with Gasteiger partial charge in [-0.2, -0.15) is 0 Å². The third-order valence-electron chi connectivity index (χ3n) is 4.29. The van der Waals surface area contributed by atoms with Gasteiger partial charge in [-0.25, -0.2) is 9.48 Å². The first-order valence-electron chi connectivity index (χ1n) is 8.92. The number of benzene rings is 1. The molecular weight excluding hydrogens is 368 g/mol. The summed E-state index contributed by atoms with van der Waals surface area (Å²) in [6.07, 6.45) is 2.96. The number of aryl methyl sites for hydroxylation is 1. The van der Waals surface area contributed by atoms with Crippen LogP contribution in [0.4, 0.5) is 9.93 Å². The van der Waals surface area contributed by atoms with Gasteiger partial charge in [0.05, 0.1) is 13.3 Å². The fraction of sp³-hybridized carbons (Fsp3) is 0.500. The number of hydrogen-bond acceptors (Lipinski definition) is 6. The van der Waals surface area contributed by atoms with Crippen molar-refractivity contribution < 1.29 is 9.53 Å². The number of carbonyl (C=O) groups is 1. The van der Waals surface area contributed by atoms with Crippen LogP contribution in [0.1, 0.15) is 37.8 Å². The summed E-state index contributed by atoms with van der Waals surface area (Å²) in [5, 5.41) is 7.52. The molecule has 2 aromatic rings. The average Bonchev–Trinajstić information content (AvgIpc) is 3.41. The molecule has 1 saturated carbocycles. The van der Waals surface area contributed by atoms with E-state index in [2.05, 4.69) is 46.5 Å². The number of ether oxygens (including phenoxy) is 1. The van der Waals surface area contributed by atoms with Crippen LogP contribution in [0.2, 0.25) is 0 Å². The van der Waals surface area contributed by atoms with Crippen molar-refractivity contribution in [1.82, 2.24) is 14.7 Å². The predicted molar refractivity (Wildman–Crippen MR) is 106 cm³/mol. The van der Waals surface area contributed by atoms with E-state index in [4.69, 9.17) is 17.0 Å². The Morgan fingerprint density at radius 1 is 1.35 bits per heavy atom. The number of aromatic nitrogens is 2. The highest BCUT2D eigenvalue weighted by atomic mass is 32.1. The monoisotopic (exact) mass is 392 g/mol. The van der Waals surface area contributed by atoms with Gasteiger partial charge in [-0.05, 0) is 49.5 Å². The van der Waals surface area contributed by atoms with Gasteiger partial charge in [0.25, 0.3) is 0 Å². The Morgan fingerprint density at radius 3 is 2.65 bits per heavy atom. The molecule has 0 saturated heterocycles. The number of nitrogens with one attached hydrogen (secondary N) is 1. The van der Waals surface area contributed by atoms with Crippen LogP contribution in [0.5, 0.6) is 0 Å². The Morgan fingerprint density at radius 2 is 2.04 bits per heavy atom. The van der Waals surface area contributed by atoms with Gasteiger partial charge in [0.2, 0.25) is 5.13 Å². The predicted octanol–water partition coefficient (Wildman–Crippen LogP) is 4.43. The van der Waals surface area contributed by atoms with Crippen molar-refractivity contribution in [1.29, 1.82) is 0 Å². The maximum absolute atomic E-state index is 11.5. The van der Waals surface area contributed by atoms with E-state index in [1.54, 1.807) is 11.6 Å². The second-order valence-corrected chi connectivity index (χ2v) is 7.93. The molecule has 0 atom stereocenters. The largest absolute Gasteiger partial charge is 0.450 e. The summed E-state index contributed by atoms with van der Waals surface area (Å²) in [7, 11) is 0. The second-order valence-electron chi connectivity index (χ2n) is 6.31. The molecule has 1 aromatic carbocycles. The van der Waals surface area contributed by atoms with Gasteiger partial charge in [0, 0.05) is 12.6 Å². The fourth-order valence-electron chi connectivity index (χ4n) is 2.72. The van der Waals surface area contributed by atoms with Crippen molar-refractivity contribution in [3.8, 4) is 0 Å². The summed E-state index contributed by atoms with van der Waals surface area (Å²) >= 11 is 6.70. The molecule has 1 amide bonds. The minimum absolute atomic E-state index is 0.324. The zero-order chi connectivity index (χ0) is 18.5. The molecule has 1 aliphatic rings. The Hall–Kier alpha value is -1.77. The molecule has 1 heterocycles. The zero-order valence-corrected chi connectivity index (χ0v) is 16.7. The summed E-state index contributed by atoms with van der Waals surface area (Å²) in [4.78, 5) is 13.9. The maximum atomic E-state index is 11.5. The molecule has 0 aliphatic heterocycles. The number of hydrogen-bond donors (Lipinski definition) is 1. The Kier molecular flexibility index (Phi) is 6.39. The minimum atomic E-state index is -0.501. The van der Waals surface area contributed by atoms with Crippen LogP contribution in [0.3, 0.4) is 0 Å².